The summed E-state index contributed by atoms with van der Waals surface area (Å²) in [5.41, 5.74) is 2.83. The van der Waals surface area contributed by atoms with Crippen molar-refractivity contribution in [3.8, 4) is 0 Å². The predicted octanol–water partition coefficient (Wildman–Crippen LogP) is 4.52. The minimum atomic E-state index is 0.653. The molecule has 2 unspecified atom stereocenters. The molecule has 0 heterocycles. The molecular formula is C13H19Br. The van der Waals surface area contributed by atoms with E-state index in [4.69, 9.17) is 0 Å². The van der Waals surface area contributed by atoms with E-state index in [9.17, 15) is 0 Å². The fourth-order valence-corrected chi connectivity index (χ4v) is 2.77. The summed E-state index contributed by atoms with van der Waals surface area (Å²) in [5.74, 6) is 1.40. The highest BCUT2D eigenvalue weighted by Gasteiger charge is 2.16. The standard InChI is InChI=1S/C13H19Br/c1-4-11(3)13(9-14)12-7-5-6-10(2)8-12/h5-8,11,13H,4,9H2,1-3H3. The zero-order valence-corrected chi connectivity index (χ0v) is 10.8. The summed E-state index contributed by atoms with van der Waals surface area (Å²) < 4.78 is 0. The lowest BCUT2D eigenvalue weighted by Gasteiger charge is -2.21. The predicted molar refractivity (Wildman–Crippen MR) is 67.2 cm³/mol. The Morgan fingerprint density at radius 2 is 2.07 bits per heavy atom. The monoisotopic (exact) mass is 254 g/mol. The summed E-state index contributed by atoms with van der Waals surface area (Å²) in [6.45, 7) is 6.75. The van der Waals surface area contributed by atoms with Crippen molar-refractivity contribution < 1.29 is 0 Å². The lowest BCUT2D eigenvalue weighted by atomic mass is 9.87. The first kappa shape index (κ1) is 11.8. The second-order valence-corrected chi connectivity index (χ2v) is 4.71. The van der Waals surface area contributed by atoms with Crippen molar-refractivity contribution in [3.63, 3.8) is 0 Å². The van der Waals surface area contributed by atoms with E-state index in [1.54, 1.807) is 0 Å². The van der Waals surface area contributed by atoms with Gasteiger partial charge in [-0.05, 0) is 24.3 Å². The van der Waals surface area contributed by atoms with E-state index in [1.807, 2.05) is 0 Å². The van der Waals surface area contributed by atoms with Crippen LogP contribution in [0.1, 0.15) is 37.3 Å². The Kier molecular flexibility index (Phi) is 4.67. The van der Waals surface area contributed by atoms with Gasteiger partial charge in [0.2, 0.25) is 0 Å². The third-order valence-electron chi connectivity index (χ3n) is 2.97. The molecule has 0 bridgehead atoms. The van der Waals surface area contributed by atoms with Crippen molar-refractivity contribution in [2.24, 2.45) is 5.92 Å². The Morgan fingerprint density at radius 3 is 2.57 bits per heavy atom. The van der Waals surface area contributed by atoms with Crippen LogP contribution in [0.15, 0.2) is 24.3 Å². The Bertz CT molecular complexity index is 280. The number of halogens is 1. The molecule has 1 heteroatoms. The molecule has 0 amide bonds. The van der Waals surface area contributed by atoms with Gasteiger partial charge in [0, 0.05) is 5.33 Å². The van der Waals surface area contributed by atoms with E-state index in [0.717, 1.165) is 11.2 Å². The number of hydrogen-bond donors (Lipinski definition) is 0. The van der Waals surface area contributed by atoms with Crippen LogP contribution in [-0.2, 0) is 0 Å². The molecule has 0 aliphatic rings. The molecule has 0 spiro atoms. The van der Waals surface area contributed by atoms with Crippen LogP contribution in [0.2, 0.25) is 0 Å². The van der Waals surface area contributed by atoms with Gasteiger partial charge in [0.1, 0.15) is 0 Å². The molecule has 1 rings (SSSR count). The van der Waals surface area contributed by atoms with Crippen LogP contribution < -0.4 is 0 Å². The van der Waals surface area contributed by atoms with Gasteiger partial charge in [-0.1, -0.05) is 66.0 Å². The van der Waals surface area contributed by atoms with E-state index in [0.29, 0.717) is 5.92 Å². The number of rotatable bonds is 4. The molecule has 0 fully saturated rings. The lowest BCUT2D eigenvalue weighted by molar-refractivity contribution is 0.480. The van der Waals surface area contributed by atoms with Gasteiger partial charge in [-0.25, -0.2) is 0 Å². The van der Waals surface area contributed by atoms with Crippen LogP contribution >= 0.6 is 15.9 Å². The Balaban J connectivity index is 2.89. The average Bonchev–Trinajstić information content (AvgIpc) is 2.19. The Hall–Kier alpha value is -0.300. The first-order valence-electron chi connectivity index (χ1n) is 5.31. The second-order valence-electron chi connectivity index (χ2n) is 4.06. The van der Waals surface area contributed by atoms with Crippen LogP contribution in [-0.4, -0.2) is 5.33 Å². The van der Waals surface area contributed by atoms with Crippen LogP contribution in [0.3, 0.4) is 0 Å². The zero-order chi connectivity index (χ0) is 10.6. The maximum Gasteiger partial charge on any atom is 0.0103 e. The molecule has 1 aromatic carbocycles. The third kappa shape index (κ3) is 2.84. The Morgan fingerprint density at radius 1 is 1.36 bits per heavy atom. The quantitative estimate of drug-likeness (QED) is 0.694. The molecule has 0 N–H and O–H groups in total. The summed E-state index contributed by atoms with van der Waals surface area (Å²) in [5, 5.41) is 1.06. The molecule has 0 aromatic heterocycles. The van der Waals surface area contributed by atoms with Crippen molar-refractivity contribution in [3.05, 3.63) is 35.4 Å². The molecule has 0 radical (unpaired) electrons. The molecule has 0 saturated carbocycles. The van der Waals surface area contributed by atoms with Crippen LogP contribution in [0.5, 0.6) is 0 Å². The summed E-state index contributed by atoms with van der Waals surface area (Å²) in [7, 11) is 0. The fraction of sp³-hybridized carbons (Fsp3) is 0.538. The number of aryl methyl sites for hydroxylation is 1. The van der Waals surface area contributed by atoms with Crippen LogP contribution in [0.25, 0.3) is 0 Å². The van der Waals surface area contributed by atoms with Gasteiger partial charge >= 0.3 is 0 Å². The number of alkyl halides is 1. The largest absolute Gasteiger partial charge is 0.0921 e. The second kappa shape index (κ2) is 5.55. The van der Waals surface area contributed by atoms with Crippen molar-refractivity contribution in [1.82, 2.24) is 0 Å². The number of benzene rings is 1. The summed E-state index contributed by atoms with van der Waals surface area (Å²) in [4.78, 5) is 0. The molecule has 0 aliphatic heterocycles. The lowest BCUT2D eigenvalue weighted by Crippen LogP contribution is -2.10. The summed E-state index contributed by atoms with van der Waals surface area (Å²) in [6, 6.07) is 8.86. The van der Waals surface area contributed by atoms with Gasteiger partial charge in [-0.2, -0.15) is 0 Å². The summed E-state index contributed by atoms with van der Waals surface area (Å²) in [6.07, 6.45) is 1.24. The zero-order valence-electron chi connectivity index (χ0n) is 9.26. The van der Waals surface area contributed by atoms with E-state index in [-0.39, 0.29) is 0 Å². The normalized spacial score (nSPS) is 15.1. The van der Waals surface area contributed by atoms with Crippen molar-refractivity contribution in [2.75, 3.05) is 5.33 Å². The molecule has 0 saturated heterocycles. The molecule has 0 nitrogen and oxygen atoms in total. The van der Waals surface area contributed by atoms with Gasteiger partial charge in [0.15, 0.2) is 0 Å². The first-order valence-corrected chi connectivity index (χ1v) is 6.43. The third-order valence-corrected chi connectivity index (χ3v) is 3.66. The Labute approximate surface area is 95.9 Å². The van der Waals surface area contributed by atoms with E-state index < -0.39 is 0 Å². The van der Waals surface area contributed by atoms with Crippen molar-refractivity contribution in [2.45, 2.75) is 33.1 Å². The van der Waals surface area contributed by atoms with Gasteiger partial charge in [0.05, 0.1) is 0 Å². The molecular weight excluding hydrogens is 236 g/mol. The van der Waals surface area contributed by atoms with Crippen molar-refractivity contribution >= 4 is 15.9 Å². The first-order chi connectivity index (χ1) is 6.69. The average molecular weight is 255 g/mol. The number of hydrogen-bond acceptors (Lipinski definition) is 0. The SMILES string of the molecule is CCC(C)C(CBr)c1cccc(C)c1. The summed E-state index contributed by atoms with van der Waals surface area (Å²) >= 11 is 3.62. The van der Waals surface area contributed by atoms with Gasteiger partial charge in [-0.3, -0.25) is 0 Å². The molecule has 78 valence electrons. The van der Waals surface area contributed by atoms with Gasteiger partial charge in [0.25, 0.3) is 0 Å². The van der Waals surface area contributed by atoms with Crippen molar-refractivity contribution in [1.29, 1.82) is 0 Å². The molecule has 14 heavy (non-hydrogen) atoms. The maximum absolute atomic E-state index is 3.62. The van der Waals surface area contributed by atoms with Crippen LogP contribution in [0, 0.1) is 12.8 Å². The maximum atomic E-state index is 3.62. The molecule has 2 atom stereocenters. The van der Waals surface area contributed by atoms with E-state index >= 15 is 0 Å². The minimum Gasteiger partial charge on any atom is -0.0921 e. The van der Waals surface area contributed by atoms with Gasteiger partial charge < -0.3 is 0 Å². The highest BCUT2D eigenvalue weighted by atomic mass is 79.9. The highest BCUT2D eigenvalue weighted by Crippen LogP contribution is 2.29. The van der Waals surface area contributed by atoms with Crippen LogP contribution in [0.4, 0.5) is 0 Å². The topological polar surface area (TPSA) is 0 Å². The molecule has 0 aliphatic carbocycles. The molecule has 1 aromatic rings. The van der Waals surface area contributed by atoms with Gasteiger partial charge in [-0.15, -0.1) is 0 Å². The van der Waals surface area contributed by atoms with E-state index in [2.05, 4.69) is 61.0 Å². The van der Waals surface area contributed by atoms with E-state index in [1.165, 1.54) is 17.5 Å². The fourth-order valence-electron chi connectivity index (χ4n) is 1.75. The smallest absolute Gasteiger partial charge is 0.0103 e. The minimum absolute atomic E-state index is 0.653. The highest BCUT2D eigenvalue weighted by molar-refractivity contribution is 9.09.